The number of anilines is 1. The average molecular weight is 446 g/mol. The normalized spacial score (nSPS) is 26.6. The zero-order valence-corrected chi connectivity index (χ0v) is 16.8. The van der Waals surface area contributed by atoms with Gasteiger partial charge in [-0.15, -0.1) is 12.4 Å². The second kappa shape index (κ2) is 6.55. The second-order valence-corrected chi connectivity index (χ2v) is 8.55. The molecular weight excluding hydrogens is 427 g/mol. The van der Waals surface area contributed by atoms with Crippen LogP contribution in [0.1, 0.15) is 35.7 Å². The van der Waals surface area contributed by atoms with Crippen molar-refractivity contribution in [3.8, 4) is 0 Å². The summed E-state index contributed by atoms with van der Waals surface area (Å²) in [4.78, 5) is 25.8. The number of carboxylic acid groups (broad SMARTS) is 1. The van der Waals surface area contributed by atoms with Gasteiger partial charge in [-0.1, -0.05) is 11.6 Å². The maximum absolute atomic E-state index is 15.0. The summed E-state index contributed by atoms with van der Waals surface area (Å²) < 4.78 is 30.2. The highest BCUT2D eigenvalue weighted by atomic mass is 35.5. The highest BCUT2D eigenvalue weighted by Crippen LogP contribution is 2.54. The molecule has 6 nitrogen and oxygen atoms in total. The van der Waals surface area contributed by atoms with Gasteiger partial charge in [0.15, 0.2) is 0 Å². The maximum Gasteiger partial charge on any atom is 0.341 e. The number of benzene rings is 1. The van der Waals surface area contributed by atoms with E-state index < -0.39 is 35.0 Å². The van der Waals surface area contributed by atoms with Crippen LogP contribution in [-0.2, 0) is 0 Å². The minimum absolute atomic E-state index is 0. The summed E-state index contributed by atoms with van der Waals surface area (Å²) in [6.45, 7) is 1.01. The number of nitrogens with zero attached hydrogens (tertiary/aromatic N) is 2. The highest BCUT2D eigenvalue weighted by Gasteiger charge is 2.54. The molecule has 3 fully saturated rings. The number of rotatable bonds is 3. The Labute approximate surface area is 175 Å². The van der Waals surface area contributed by atoms with Crippen molar-refractivity contribution in [1.82, 2.24) is 4.57 Å². The largest absolute Gasteiger partial charge is 0.477 e. The van der Waals surface area contributed by atoms with Gasteiger partial charge in [0.1, 0.15) is 17.6 Å². The molecule has 1 spiro atoms. The molecule has 2 heterocycles. The third-order valence-electron chi connectivity index (χ3n) is 6.37. The monoisotopic (exact) mass is 445 g/mol. The lowest BCUT2D eigenvalue weighted by atomic mass is 10.0. The maximum atomic E-state index is 15.0. The van der Waals surface area contributed by atoms with Gasteiger partial charge in [-0.3, -0.25) is 4.79 Å². The number of halogens is 4. The first kappa shape index (κ1) is 20.4. The smallest absolute Gasteiger partial charge is 0.341 e. The third kappa shape index (κ3) is 2.92. The van der Waals surface area contributed by atoms with Crippen LogP contribution in [-0.4, -0.2) is 40.9 Å². The number of carbonyl (C=O) groups is 1. The Morgan fingerprint density at radius 3 is 2.55 bits per heavy atom. The van der Waals surface area contributed by atoms with Gasteiger partial charge in [0, 0.05) is 37.2 Å². The van der Waals surface area contributed by atoms with E-state index in [0.29, 0.717) is 13.1 Å². The number of pyridine rings is 1. The number of fused-ring (bicyclic) bond motifs is 1. The number of hydrogen-bond donors (Lipinski definition) is 2. The fourth-order valence-electron chi connectivity index (χ4n) is 4.43. The summed E-state index contributed by atoms with van der Waals surface area (Å²) in [5.41, 5.74) is 5.15. The van der Waals surface area contributed by atoms with E-state index in [-0.39, 0.29) is 51.9 Å². The molecule has 2 aliphatic carbocycles. The summed E-state index contributed by atoms with van der Waals surface area (Å²) in [6.07, 6.45) is 2.11. The van der Waals surface area contributed by atoms with Crippen LogP contribution in [0.4, 0.5) is 14.5 Å². The lowest BCUT2D eigenvalue weighted by Crippen LogP contribution is -2.30. The van der Waals surface area contributed by atoms with Gasteiger partial charge in [0.25, 0.3) is 0 Å². The highest BCUT2D eigenvalue weighted by molar-refractivity contribution is 6.38. The molecule has 1 aromatic carbocycles. The van der Waals surface area contributed by atoms with Crippen LogP contribution in [0, 0.1) is 11.2 Å². The number of alkyl halides is 1. The number of nitrogens with two attached hydrogens (primary N) is 1. The van der Waals surface area contributed by atoms with Crippen molar-refractivity contribution in [1.29, 1.82) is 0 Å². The van der Waals surface area contributed by atoms with E-state index in [1.54, 1.807) is 4.90 Å². The lowest BCUT2D eigenvalue weighted by Gasteiger charge is -2.23. The summed E-state index contributed by atoms with van der Waals surface area (Å²) in [5.74, 6) is -2.15. The number of hydrogen-bond acceptors (Lipinski definition) is 4. The quantitative estimate of drug-likeness (QED) is 0.757. The molecule has 1 saturated heterocycles. The van der Waals surface area contributed by atoms with Crippen molar-refractivity contribution in [3.05, 3.63) is 38.9 Å². The van der Waals surface area contributed by atoms with Gasteiger partial charge in [0.05, 0.1) is 27.7 Å². The van der Waals surface area contributed by atoms with E-state index in [1.807, 2.05) is 0 Å². The molecular formula is C19H19Cl2F2N3O3. The fourth-order valence-corrected chi connectivity index (χ4v) is 4.84. The van der Waals surface area contributed by atoms with E-state index in [0.717, 1.165) is 25.1 Å². The van der Waals surface area contributed by atoms with Crippen LogP contribution >= 0.6 is 24.0 Å². The van der Waals surface area contributed by atoms with Crippen LogP contribution in [0.15, 0.2) is 17.1 Å². The molecule has 0 unspecified atom stereocenters. The van der Waals surface area contributed by atoms with Gasteiger partial charge in [-0.2, -0.15) is 0 Å². The first-order valence-electron chi connectivity index (χ1n) is 9.18. The minimum Gasteiger partial charge on any atom is -0.477 e. The Hall–Kier alpha value is -1.90. The summed E-state index contributed by atoms with van der Waals surface area (Å²) >= 11 is 6.56. The van der Waals surface area contributed by atoms with Crippen molar-refractivity contribution < 1.29 is 18.7 Å². The van der Waals surface area contributed by atoms with E-state index >= 15 is 4.39 Å². The van der Waals surface area contributed by atoms with Crippen LogP contribution in [0.2, 0.25) is 5.02 Å². The molecule has 2 saturated carbocycles. The molecule has 1 aromatic heterocycles. The van der Waals surface area contributed by atoms with Crippen molar-refractivity contribution in [2.24, 2.45) is 11.1 Å². The summed E-state index contributed by atoms with van der Waals surface area (Å²) in [5, 5.41) is 9.16. The molecule has 2 aromatic rings. The second-order valence-electron chi connectivity index (χ2n) is 8.17. The molecule has 156 valence electrons. The molecule has 3 N–H and O–H groups in total. The van der Waals surface area contributed by atoms with Gasteiger partial charge >= 0.3 is 5.97 Å². The number of carboxylic acids is 1. The molecule has 0 amide bonds. The van der Waals surface area contributed by atoms with E-state index in [1.165, 1.54) is 4.57 Å². The minimum atomic E-state index is -1.45. The van der Waals surface area contributed by atoms with Crippen molar-refractivity contribution in [2.75, 3.05) is 18.0 Å². The molecule has 3 atom stereocenters. The van der Waals surface area contributed by atoms with E-state index in [9.17, 15) is 19.1 Å². The fraction of sp³-hybridized carbons (Fsp3) is 0.474. The SMILES string of the molecule is Cl.N[C@@H]1CN(c2c(F)cc3c(=O)c(C(=O)O)cn([C@H]4C[C@H]4F)c3c2Cl)CC12CC2. The summed E-state index contributed by atoms with van der Waals surface area (Å²) in [7, 11) is 0. The molecule has 5 rings (SSSR count). The Balaban J connectivity index is 0.00000205. The zero-order valence-electron chi connectivity index (χ0n) is 15.2. The molecule has 0 radical (unpaired) electrons. The Kier molecular flexibility index (Phi) is 4.60. The van der Waals surface area contributed by atoms with Gasteiger partial charge in [0.2, 0.25) is 5.43 Å². The number of aromatic carboxylic acids is 1. The number of aromatic nitrogens is 1. The predicted octanol–water partition coefficient (Wildman–Crippen LogP) is 3.12. The van der Waals surface area contributed by atoms with Crippen LogP contribution in [0.3, 0.4) is 0 Å². The van der Waals surface area contributed by atoms with Crippen LogP contribution < -0.4 is 16.1 Å². The van der Waals surface area contributed by atoms with Gasteiger partial charge in [-0.05, 0) is 18.9 Å². The van der Waals surface area contributed by atoms with Crippen LogP contribution in [0.25, 0.3) is 10.9 Å². The van der Waals surface area contributed by atoms with Gasteiger partial charge in [-0.25, -0.2) is 13.6 Å². The van der Waals surface area contributed by atoms with Crippen molar-refractivity contribution in [2.45, 2.75) is 37.5 Å². The molecule has 29 heavy (non-hydrogen) atoms. The average Bonchev–Trinajstić information content (AvgIpc) is 3.51. The Morgan fingerprint density at radius 1 is 1.38 bits per heavy atom. The molecule has 0 bridgehead atoms. The van der Waals surface area contributed by atoms with Crippen molar-refractivity contribution in [3.63, 3.8) is 0 Å². The molecule has 3 aliphatic rings. The van der Waals surface area contributed by atoms with Gasteiger partial charge < -0.3 is 20.3 Å². The first-order chi connectivity index (χ1) is 13.2. The summed E-state index contributed by atoms with van der Waals surface area (Å²) in [6, 6.07) is 0.308. The molecule has 10 heteroatoms. The van der Waals surface area contributed by atoms with Crippen molar-refractivity contribution >= 4 is 46.6 Å². The topological polar surface area (TPSA) is 88.6 Å². The Bertz CT molecular complexity index is 1100. The lowest BCUT2D eigenvalue weighted by molar-refractivity contribution is 0.0694. The third-order valence-corrected chi connectivity index (χ3v) is 6.73. The van der Waals surface area contributed by atoms with E-state index in [4.69, 9.17) is 17.3 Å². The first-order valence-corrected chi connectivity index (χ1v) is 9.56. The molecule has 1 aliphatic heterocycles. The predicted molar refractivity (Wildman–Crippen MR) is 108 cm³/mol. The standard InChI is InChI=1S/C19H18ClF2N3O3.ClH/c20-14-15-8(17(26)9(18(27)28)5-25(15)12-4-10(12)21)3-11(22)16(14)24-6-13(23)19(7-24)1-2-19;/h3,5,10,12-13H,1-2,4,6-7,23H2,(H,27,28);1H/t10-,12+,13-;/m1./s1. The van der Waals surface area contributed by atoms with E-state index in [2.05, 4.69) is 0 Å². The van der Waals surface area contributed by atoms with Crippen LogP contribution in [0.5, 0.6) is 0 Å². The Morgan fingerprint density at radius 2 is 2.03 bits per heavy atom. The zero-order chi connectivity index (χ0) is 20.0.